The maximum atomic E-state index is 11.5. The Hall–Kier alpha value is -2.03. The molecule has 0 fully saturated rings. The molecule has 0 atom stereocenters. The van der Waals surface area contributed by atoms with Crippen LogP contribution in [0.5, 0.6) is 0 Å². The monoisotopic (exact) mass is 291 g/mol. The molecule has 0 saturated carbocycles. The zero-order chi connectivity index (χ0) is 16.3. The molecule has 0 amide bonds. The number of hydrogen-bond donors (Lipinski definition) is 1. The van der Waals surface area contributed by atoms with Crippen LogP contribution in [0.1, 0.15) is 20.8 Å². The van der Waals surface area contributed by atoms with Crippen LogP contribution in [0.25, 0.3) is 0 Å². The van der Waals surface area contributed by atoms with Crippen molar-refractivity contribution in [2.24, 2.45) is 0 Å². The van der Waals surface area contributed by atoms with E-state index in [2.05, 4.69) is 33.4 Å². The van der Waals surface area contributed by atoms with Gasteiger partial charge in [0.25, 0.3) is 0 Å². The summed E-state index contributed by atoms with van der Waals surface area (Å²) in [4.78, 5) is 23.0. The third-order valence-corrected chi connectivity index (χ3v) is 3.22. The molecule has 0 bridgehead atoms. The molecule has 5 heteroatoms. The van der Waals surface area contributed by atoms with E-state index in [1.165, 1.54) is 12.2 Å². The van der Waals surface area contributed by atoms with Gasteiger partial charge in [-0.2, -0.15) is 0 Å². The molecular weight excluding hydrogens is 272 g/mol. The second-order valence-corrected chi connectivity index (χ2v) is 6.43. The predicted octanol–water partition coefficient (Wildman–Crippen LogP) is 2.32. The lowest BCUT2D eigenvalue weighted by atomic mass is 9.51. The van der Waals surface area contributed by atoms with Gasteiger partial charge < -0.3 is 5.32 Å². The number of rotatable bonds is 4. The number of carbonyl (C=O) groups is 2. The van der Waals surface area contributed by atoms with Crippen molar-refractivity contribution in [2.45, 2.75) is 32.9 Å². The Morgan fingerprint density at radius 1 is 0.955 bits per heavy atom. The quantitative estimate of drug-likeness (QED) is 0.526. The fraction of sp³-hybridized carbons (Fsp3) is 0.294. The molecule has 1 aliphatic carbocycles. The summed E-state index contributed by atoms with van der Waals surface area (Å²) >= 11 is 0. The van der Waals surface area contributed by atoms with Crippen molar-refractivity contribution in [3.63, 3.8) is 0 Å². The molecule has 0 heterocycles. The van der Waals surface area contributed by atoms with Crippen LogP contribution in [0, 0.1) is 0 Å². The standard InChI is InChI=1S/C17H19B2NO2/c1-17(2,3)19-11-5-7-12(8-6-11)20-14-10-16(22)15(21)9-13(14)18-4/h5-10,20H,1-4H3. The zero-order valence-electron chi connectivity index (χ0n) is 13.4. The van der Waals surface area contributed by atoms with Crippen LogP contribution in [0.4, 0.5) is 5.69 Å². The number of carbonyl (C=O) groups excluding carboxylic acids is 2. The second kappa shape index (κ2) is 6.39. The summed E-state index contributed by atoms with van der Waals surface area (Å²) < 4.78 is 0. The molecule has 0 saturated heterocycles. The minimum atomic E-state index is -0.495. The highest BCUT2D eigenvalue weighted by Crippen LogP contribution is 2.21. The number of allylic oxidation sites excluding steroid dienone is 3. The van der Waals surface area contributed by atoms with E-state index in [9.17, 15) is 9.59 Å². The van der Waals surface area contributed by atoms with Gasteiger partial charge in [0.05, 0.1) is 0 Å². The summed E-state index contributed by atoms with van der Waals surface area (Å²) in [5.74, 6) is -0.973. The van der Waals surface area contributed by atoms with Crippen LogP contribution in [-0.2, 0) is 9.59 Å². The first-order valence-electron chi connectivity index (χ1n) is 7.33. The molecule has 0 aliphatic heterocycles. The van der Waals surface area contributed by atoms with E-state index >= 15 is 0 Å². The van der Waals surface area contributed by atoms with Gasteiger partial charge in [0.2, 0.25) is 11.6 Å². The van der Waals surface area contributed by atoms with Gasteiger partial charge in [-0.15, -0.1) is 0 Å². The summed E-state index contributed by atoms with van der Waals surface area (Å²) in [6.45, 7) is 8.31. The van der Waals surface area contributed by atoms with Gasteiger partial charge >= 0.3 is 0 Å². The van der Waals surface area contributed by atoms with Gasteiger partial charge in [0.15, 0.2) is 14.6 Å². The zero-order valence-corrected chi connectivity index (χ0v) is 13.4. The number of hydrogen-bond acceptors (Lipinski definition) is 3. The third kappa shape index (κ3) is 4.23. The van der Waals surface area contributed by atoms with Crippen molar-refractivity contribution < 1.29 is 9.59 Å². The summed E-state index contributed by atoms with van der Waals surface area (Å²) in [6.07, 6.45) is 2.72. The average molecular weight is 291 g/mol. The molecule has 1 aliphatic rings. The summed E-state index contributed by atoms with van der Waals surface area (Å²) in [6, 6.07) is 7.99. The van der Waals surface area contributed by atoms with Crippen LogP contribution < -0.4 is 10.8 Å². The molecular formula is C17H19B2NO2. The van der Waals surface area contributed by atoms with Gasteiger partial charge in [-0.05, 0) is 18.2 Å². The summed E-state index contributed by atoms with van der Waals surface area (Å²) in [5, 5.41) is 3.32. The highest BCUT2D eigenvalue weighted by molar-refractivity contribution is 6.56. The van der Waals surface area contributed by atoms with Crippen molar-refractivity contribution in [3.8, 4) is 0 Å². The van der Waals surface area contributed by atoms with E-state index in [0.29, 0.717) is 5.70 Å². The van der Waals surface area contributed by atoms with Gasteiger partial charge in [0.1, 0.15) is 0 Å². The molecule has 22 heavy (non-hydrogen) atoms. The van der Waals surface area contributed by atoms with Gasteiger partial charge in [-0.1, -0.05) is 56.0 Å². The molecule has 110 valence electrons. The fourth-order valence-electron chi connectivity index (χ4n) is 2.24. The molecule has 1 aromatic carbocycles. The Morgan fingerprint density at radius 2 is 1.55 bits per heavy atom. The van der Waals surface area contributed by atoms with Crippen molar-refractivity contribution >= 4 is 37.3 Å². The Labute approximate surface area is 133 Å². The summed E-state index contributed by atoms with van der Waals surface area (Å²) in [5.41, 5.74) is 3.42. The highest BCUT2D eigenvalue weighted by atomic mass is 16.2. The Bertz CT molecular complexity index is 652. The maximum absolute atomic E-state index is 11.5. The van der Waals surface area contributed by atoms with E-state index in [-0.39, 0.29) is 5.31 Å². The lowest BCUT2D eigenvalue weighted by molar-refractivity contribution is -0.131. The molecule has 2 rings (SSSR count). The first-order valence-corrected chi connectivity index (χ1v) is 7.33. The number of anilines is 1. The molecule has 0 spiro atoms. The number of benzene rings is 1. The van der Waals surface area contributed by atoms with Crippen molar-refractivity contribution in [1.82, 2.24) is 0 Å². The Kier molecular flexibility index (Phi) is 4.74. The van der Waals surface area contributed by atoms with E-state index in [0.717, 1.165) is 16.6 Å². The van der Waals surface area contributed by atoms with Gasteiger partial charge in [-0.25, -0.2) is 0 Å². The minimum absolute atomic E-state index is 0.126. The van der Waals surface area contributed by atoms with Crippen LogP contribution in [0.3, 0.4) is 0 Å². The highest BCUT2D eigenvalue weighted by Gasteiger charge is 2.19. The topological polar surface area (TPSA) is 46.2 Å². The minimum Gasteiger partial charge on any atom is -0.356 e. The summed E-state index contributed by atoms with van der Waals surface area (Å²) in [7, 11) is 4.01. The largest absolute Gasteiger partial charge is 0.356 e. The molecule has 1 aromatic rings. The van der Waals surface area contributed by atoms with E-state index < -0.39 is 11.6 Å². The molecule has 2 radical (unpaired) electrons. The second-order valence-electron chi connectivity index (χ2n) is 6.43. The Balaban J connectivity index is 2.14. The van der Waals surface area contributed by atoms with Gasteiger partial charge in [0, 0.05) is 17.5 Å². The van der Waals surface area contributed by atoms with Crippen molar-refractivity contribution in [1.29, 1.82) is 0 Å². The smallest absolute Gasteiger partial charge is 0.227 e. The number of ketones is 2. The average Bonchev–Trinajstić information content (AvgIpc) is 2.43. The first kappa shape index (κ1) is 16.3. The van der Waals surface area contributed by atoms with Crippen LogP contribution in [-0.4, -0.2) is 26.1 Å². The first-order chi connectivity index (χ1) is 10.3. The number of nitrogens with one attached hydrogen (secondary N) is 1. The molecule has 3 nitrogen and oxygen atoms in total. The Morgan fingerprint density at radius 3 is 2.09 bits per heavy atom. The maximum Gasteiger partial charge on any atom is 0.227 e. The van der Waals surface area contributed by atoms with Crippen LogP contribution >= 0.6 is 0 Å². The van der Waals surface area contributed by atoms with Crippen LogP contribution in [0.2, 0.25) is 12.1 Å². The van der Waals surface area contributed by atoms with Gasteiger partial charge in [-0.3, -0.25) is 9.59 Å². The van der Waals surface area contributed by atoms with Crippen LogP contribution in [0.15, 0.2) is 47.6 Å². The molecule has 0 unspecified atom stereocenters. The van der Waals surface area contributed by atoms with E-state index in [1.54, 1.807) is 0 Å². The predicted molar refractivity (Wildman–Crippen MR) is 93.0 cm³/mol. The molecule has 1 N–H and O–H groups in total. The normalized spacial score (nSPS) is 15.1. The van der Waals surface area contributed by atoms with Crippen molar-refractivity contribution in [2.75, 3.05) is 5.32 Å². The lowest BCUT2D eigenvalue weighted by Crippen LogP contribution is -2.23. The lowest BCUT2D eigenvalue weighted by Gasteiger charge is -2.18. The van der Waals surface area contributed by atoms with Crippen molar-refractivity contribution in [3.05, 3.63) is 47.6 Å². The molecule has 0 aromatic heterocycles. The SMILES string of the molecule is C[B]C1=CC(=O)C(=O)C=C1Nc1ccc([B]C(C)(C)C)cc1. The van der Waals surface area contributed by atoms with E-state index in [4.69, 9.17) is 0 Å². The van der Waals surface area contributed by atoms with E-state index in [1.807, 2.05) is 38.4 Å². The third-order valence-electron chi connectivity index (χ3n) is 3.22. The fourth-order valence-corrected chi connectivity index (χ4v) is 2.24.